The summed E-state index contributed by atoms with van der Waals surface area (Å²) in [5.41, 5.74) is 9.57. The molecule has 33 heavy (non-hydrogen) atoms. The number of pyridine rings is 1. The molecule has 2 aliphatic rings. The lowest BCUT2D eigenvalue weighted by Crippen LogP contribution is -2.33. The van der Waals surface area contributed by atoms with Crippen LogP contribution in [0.15, 0.2) is 47.2 Å². The van der Waals surface area contributed by atoms with Crippen LogP contribution in [-0.2, 0) is 7.05 Å². The molecule has 3 nitrogen and oxygen atoms in total. The summed E-state index contributed by atoms with van der Waals surface area (Å²) in [6.45, 7) is 7.00. The molecule has 1 aliphatic heterocycles. The van der Waals surface area contributed by atoms with Crippen LogP contribution >= 0.6 is 0 Å². The predicted molar refractivity (Wildman–Crippen MR) is 137 cm³/mol. The highest BCUT2D eigenvalue weighted by Crippen LogP contribution is 2.52. The van der Waals surface area contributed by atoms with Gasteiger partial charge < -0.3 is 9.32 Å². The van der Waals surface area contributed by atoms with Gasteiger partial charge in [0.1, 0.15) is 12.6 Å². The summed E-state index contributed by atoms with van der Waals surface area (Å²) in [6, 6.07) is 11.6. The Kier molecular flexibility index (Phi) is 4.62. The first-order valence-corrected chi connectivity index (χ1v) is 12.7. The van der Waals surface area contributed by atoms with Crippen LogP contribution in [0.5, 0.6) is 0 Å². The predicted octanol–water partition coefficient (Wildman–Crippen LogP) is 7.93. The monoisotopic (exact) mass is 439 g/mol. The third-order valence-electron chi connectivity index (χ3n) is 9.21. The zero-order valence-electron chi connectivity index (χ0n) is 20.7. The highest BCUT2D eigenvalue weighted by molar-refractivity contribution is 6.12. The lowest BCUT2D eigenvalue weighted by atomic mass is 9.66. The number of anilines is 2. The summed E-state index contributed by atoms with van der Waals surface area (Å²) in [7, 11) is 4.40. The van der Waals surface area contributed by atoms with Crippen molar-refractivity contribution in [3.8, 4) is 11.3 Å². The van der Waals surface area contributed by atoms with Gasteiger partial charge in [0, 0.05) is 24.6 Å². The van der Waals surface area contributed by atoms with E-state index in [-0.39, 0.29) is 0 Å². The largest absolute Gasteiger partial charge is 0.464 e. The maximum atomic E-state index is 5.83. The van der Waals surface area contributed by atoms with Crippen molar-refractivity contribution in [1.29, 1.82) is 0 Å². The number of rotatable bonds is 3. The van der Waals surface area contributed by atoms with E-state index in [4.69, 9.17) is 4.42 Å². The van der Waals surface area contributed by atoms with Crippen LogP contribution in [0.25, 0.3) is 33.0 Å². The number of hydrogen-bond acceptors (Lipinski definition) is 2. The first kappa shape index (κ1) is 20.8. The molecule has 0 N–H and O–H groups in total. The van der Waals surface area contributed by atoms with Crippen LogP contribution in [0.4, 0.5) is 11.4 Å². The minimum Gasteiger partial charge on any atom is -0.464 e. The van der Waals surface area contributed by atoms with Crippen molar-refractivity contribution in [2.75, 3.05) is 11.9 Å². The average Bonchev–Trinajstić information content (AvgIpc) is 3.32. The molecule has 0 atom stereocenters. The molecule has 0 unspecified atom stereocenters. The summed E-state index contributed by atoms with van der Waals surface area (Å²) >= 11 is 0. The van der Waals surface area contributed by atoms with E-state index in [0.29, 0.717) is 11.3 Å². The van der Waals surface area contributed by atoms with Gasteiger partial charge in [0.15, 0.2) is 6.20 Å². The van der Waals surface area contributed by atoms with E-state index in [1.165, 1.54) is 88.4 Å². The lowest BCUT2D eigenvalue weighted by Gasteiger charge is -2.39. The van der Waals surface area contributed by atoms with Crippen molar-refractivity contribution in [1.82, 2.24) is 0 Å². The first-order chi connectivity index (χ1) is 16.0. The van der Waals surface area contributed by atoms with Crippen LogP contribution in [0.3, 0.4) is 0 Å². The third kappa shape index (κ3) is 2.90. The highest BCUT2D eigenvalue weighted by Gasteiger charge is 2.35. The minimum atomic E-state index is 0.574. The quantitative estimate of drug-likeness (QED) is 0.302. The minimum absolute atomic E-state index is 0.574. The Morgan fingerprint density at radius 2 is 1.82 bits per heavy atom. The van der Waals surface area contributed by atoms with Gasteiger partial charge >= 0.3 is 0 Å². The van der Waals surface area contributed by atoms with Gasteiger partial charge in [-0.3, -0.25) is 0 Å². The molecule has 1 saturated carbocycles. The van der Waals surface area contributed by atoms with Gasteiger partial charge in [0.05, 0.1) is 28.6 Å². The zero-order chi connectivity index (χ0) is 22.9. The smallest absolute Gasteiger partial charge is 0.224 e. The van der Waals surface area contributed by atoms with E-state index in [1.54, 1.807) is 0 Å². The van der Waals surface area contributed by atoms with Crippen molar-refractivity contribution >= 4 is 33.1 Å². The molecule has 0 saturated heterocycles. The molecule has 0 radical (unpaired) electrons. The van der Waals surface area contributed by atoms with Gasteiger partial charge in [-0.05, 0) is 72.6 Å². The van der Waals surface area contributed by atoms with Crippen molar-refractivity contribution in [3.05, 3.63) is 53.9 Å². The average molecular weight is 440 g/mol. The van der Waals surface area contributed by atoms with E-state index < -0.39 is 0 Å². The second-order valence-corrected chi connectivity index (χ2v) is 10.5. The van der Waals surface area contributed by atoms with Crippen molar-refractivity contribution in [3.63, 3.8) is 0 Å². The van der Waals surface area contributed by atoms with Crippen LogP contribution in [0, 0.1) is 12.3 Å². The van der Waals surface area contributed by atoms with Gasteiger partial charge in [-0.1, -0.05) is 32.8 Å². The summed E-state index contributed by atoms with van der Waals surface area (Å²) in [5.74, 6) is 0.665. The van der Waals surface area contributed by atoms with Gasteiger partial charge in [-0.15, -0.1) is 0 Å². The van der Waals surface area contributed by atoms with Crippen LogP contribution < -0.4 is 9.47 Å². The van der Waals surface area contributed by atoms with Gasteiger partial charge in [0.2, 0.25) is 5.69 Å². The Bertz CT molecular complexity index is 1380. The number of furan rings is 1. The van der Waals surface area contributed by atoms with E-state index >= 15 is 0 Å². The maximum Gasteiger partial charge on any atom is 0.224 e. The summed E-state index contributed by atoms with van der Waals surface area (Å²) < 4.78 is 8.13. The van der Waals surface area contributed by atoms with Gasteiger partial charge in [-0.25, -0.2) is 4.57 Å². The summed E-state index contributed by atoms with van der Waals surface area (Å²) in [6.07, 6.45) is 12.0. The SMILES string of the molecule is CCC1(CC)CCC(c2cc3c4c([n+](C)ccc4c2)-c2c(cc4occc4c2C)N3C)CC1. The van der Waals surface area contributed by atoms with Crippen LogP contribution in [0.1, 0.15) is 69.4 Å². The molecule has 1 aliphatic carbocycles. The molecule has 3 heteroatoms. The Hall–Kier alpha value is -2.81. The van der Waals surface area contributed by atoms with E-state index in [9.17, 15) is 0 Å². The summed E-state index contributed by atoms with van der Waals surface area (Å²) in [4.78, 5) is 2.40. The first-order valence-electron chi connectivity index (χ1n) is 12.7. The van der Waals surface area contributed by atoms with Gasteiger partial charge in [-0.2, -0.15) is 0 Å². The highest BCUT2D eigenvalue weighted by atomic mass is 16.3. The van der Waals surface area contributed by atoms with E-state index in [1.807, 2.05) is 6.26 Å². The standard InChI is InChI=1S/C30H35N2O/c1-6-30(7-2)12-8-20(9-13-30)22-16-21-10-14-31(4)29-27-19(3)23-11-15-33-26(23)18-25(27)32(5)24(17-22)28(21)29/h10-11,14-18,20H,6-9,12-13H2,1-5H3/q+1. The second-order valence-electron chi connectivity index (χ2n) is 10.5. The molecule has 0 amide bonds. The number of nitrogens with zero attached hydrogens (tertiary/aromatic N) is 2. The van der Waals surface area contributed by atoms with Crippen molar-refractivity contribution < 1.29 is 8.98 Å². The molecule has 1 fully saturated rings. The number of fused-ring (bicyclic) bond motifs is 3. The Morgan fingerprint density at radius 3 is 2.55 bits per heavy atom. The van der Waals surface area contributed by atoms with Crippen LogP contribution in [-0.4, -0.2) is 7.05 Å². The van der Waals surface area contributed by atoms with E-state index in [2.05, 4.69) is 80.9 Å². The Balaban J connectivity index is 1.53. The second kappa shape index (κ2) is 7.35. The van der Waals surface area contributed by atoms with E-state index in [0.717, 1.165) is 5.58 Å². The number of aromatic nitrogens is 1. The lowest BCUT2D eigenvalue weighted by molar-refractivity contribution is -0.659. The Labute approximate surface area is 197 Å². The van der Waals surface area contributed by atoms with Crippen LogP contribution in [0.2, 0.25) is 0 Å². The fourth-order valence-corrected chi connectivity index (χ4v) is 6.78. The molecule has 2 aromatic heterocycles. The molecule has 3 heterocycles. The molecular formula is C30H35N2O+. The molecule has 4 aromatic rings. The molecule has 170 valence electrons. The molecular weight excluding hydrogens is 404 g/mol. The number of benzene rings is 2. The molecule has 2 aromatic carbocycles. The summed E-state index contributed by atoms with van der Waals surface area (Å²) in [5, 5.41) is 3.94. The number of hydrogen-bond donors (Lipinski definition) is 0. The van der Waals surface area contributed by atoms with Crippen molar-refractivity contribution in [2.45, 2.75) is 65.2 Å². The van der Waals surface area contributed by atoms with Gasteiger partial charge in [0.25, 0.3) is 0 Å². The fraction of sp³-hybridized carbons (Fsp3) is 0.433. The fourth-order valence-electron chi connectivity index (χ4n) is 6.78. The maximum absolute atomic E-state index is 5.83. The Morgan fingerprint density at radius 1 is 1.06 bits per heavy atom. The molecule has 6 rings (SSSR count). The van der Waals surface area contributed by atoms with Crippen molar-refractivity contribution in [2.24, 2.45) is 12.5 Å². The normalized spacial score (nSPS) is 17.7. The third-order valence-corrected chi connectivity index (χ3v) is 9.21. The topological polar surface area (TPSA) is 20.3 Å². The molecule has 0 bridgehead atoms. The zero-order valence-corrected chi connectivity index (χ0v) is 20.7. The number of aryl methyl sites for hydroxylation is 2. The molecule has 0 spiro atoms.